The zero-order chi connectivity index (χ0) is 20.6. The number of amides is 1. The summed E-state index contributed by atoms with van der Waals surface area (Å²) >= 11 is 0. The van der Waals surface area contributed by atoms with Crippen LogP contribution in [0, 0.1) is 5.82 Å². The second-order valence-electron chi connectivity index (χ2n) is 6.87. The van der Waals surface area contributed by atoms with E-state index in [1.165, 1.54) is 27.4 Å². The molecular weight excluding hydrogens is 395 g/mol. The van der Waals surface area contributed by atoms with Crippen LogP contribution >= 0.6 is 0 Å². The molecule has 2 heterocycles. The van der Waals surface area contributed by atoms with Crippen molar-refractivity contribution in [3.8, 4) is 5.69 Å². The van der Waals surface area contributed by atoms with E-state index in [0.717, 1.165) is 11.1 Å². The van der Waals surface area contributed by atoms with E-state index in [1.54, 1.807) is 36.5 Å². The minimum absolute atomic E-state index is 0.195. The summed E-state index contributed by atoms with van der Waals surface area (Å²) in [5, 5.41) is 7.08. The van der Waals surface area contributed by atoms with Gasteiger partial charge in [-0.25, -0.2) is 17.5 Å². The second-order valence-corrected chi connectivity index (χ2v) is 8.85. The highest BCUT2D eigenvalue weighted by Gasteiger charge is 2.25. The molecule has 0 fully saturated rings. The minimum Gasteiger partial charge on any atom is -0.320 e. The van der Waals surface area contributed by atoms with Crippen LogP contribution in [0.3, 0.4) is 0 Å². The van der Waals surface area contributed by atoms with Crippen molar-refractivity contribution in [3.05, 3.63) is 77.4 Å². The Morgan fingerprint density at radius 2 is 1.97 bits per heavy atom. The van der Waals surface area contributed by atoms with Crippen LogP contribution in [-0.2, 0) is 23.0 Å². The Morgan fingerprint density at radius 3 is 2.72 bits per heavy atom. The van der Waals surface area contributed by atoms with Crippen molar-refractivity contribution in [2.45, 2.75) is 13.0 Å². The first-order valence-corrected chi connectivity index (χ1v) is 10.8. The molecule has 150 valence electrons. The van der Waals surface area contributed by atoms with Crippen molar-refractivity contribution >= 4 is 21.6 Å². The Kier molecular flexibility index (Phi) is 4.93. The molecule has 0 radical (unpaired) electrons. The summed E-state index contributed by atoms with van der Waals surface area (Å²) in [6.45, 7) is 0.652. The molecule has 9 heteroatoms. The lowest BCUT2D eigenvalue weighted by Crippen LogP contribution is -2.35. The van der Waals surface area contributed by atoms with E-state index in [-0.39, 0.29) is 24.0 Å². The lowest BCUT2D eigenvalue weighted by molar-refractivity contribution is 0.102. The van der Waals surface area contributed by atoms with Gasteiger partial charge in [-0.15, -0.1) is 0 Å². The monoisotopic (exact) mass is 414 g/mol. The summed E-state index contributed by atoms with van der Waals surface area (Å²) in [4.78, 5) is 12.7. The van der Waals surface area contributed by atoms with Crippen LogP contribution in [0.25, 0.3) is 5.69 Å². The maximum Gasteiger partial charge on any atom is 0.276 e. The van der Waals surface area contributed by atoms with Gasteiger partial charge in [-0.05, 0) is 47.9 Å². The van der Waals surface area contributed by atoms with Crippen molar-refractivity contribution in [1.29, 1.82) is 0 Å². The van der Waals surface area contributed by atoms with Crippen molar-refractivity contribution < 1.29 is 17.6 Å². The van der Waals surface area contributed by atoms with E-state index in [1.807, 2.05) is 6.07 Å². The van der Waals surface area contributed by atoms with Crippen LogP contribution in [0.2, 0.25) is 0 Å². The number of sulfonamides is 1. The van der Waals surface area contributed by atoms with Crippen molar-refractivity contribution in [3.63, 3.8) is 0 Å². The maximum atomic E-state index is 13.4. The SMILES string of the molecule is CS(=O)(=O)N1CCc2c(cccc2NC(=O)c2ccn(-c3cccc(F)c3)n2)C1. The average molecular weight is 414 g/mol. The van der Waals surface area contributed by atoms with Crippen LogP contribution in [0.15, 0.2) is 54.7 Å². The average Bonchev–Trinajstić information content (AvgIpc) is 3.17. The lowest BCUT2D eigenvalue weighted by Gasteiger charge is -2.28. The topological polar surface area (TPSA) is 84.3 Å². The molecule has 0 saturated carbocycles. The van der Waals surface area contributed by atoms with Gasteiger partial charge in [0.2, 0.25) is 10.0 Å². The standard InChI is InChI=1S/C20H19FN4O3S/c1-29(27,28)24-10-8-17-14(13-24)4-2-7-18(17)22-20(26)19-9-11-25(23-19)16-6-3-5-15(21)12-16/h2-7,9,11-12H,8,10,13H2,1H3,(H,22,26). The Balaban J connectivity index is 1.55. The summed E-state index contributed by atoms with van der Waals surface area (Å²) < 4.78 is 39.9. The normalized spacial score (nSPS) is 14.4. The van der Waals surface area contributed by atoms with Crippen LogP contribution in [-0.4, -0.2) is 41.2 Å². The first-order chi connectivity index (χ1) is 13.8. The zero-order valence-electron chi connectivity index (χ0n) is 15.7. The third-order valence-electron chi connectivity index (χ3n) is 4.84. The summed E-state index contributed by atoms with van der Waals surface area (Å²) in [5.74, 6) is -0.776. The molecule has 2 aromatic carbocycles. The van der Waals surface area contributed by atoms with Crippen LogP contribution in [0.4, 0.5) is 10.1 Å². The number of aromatic nitrogens is 2. The molecule has 3 aromatic rings. The van der Waals surface area contributed by atoms with E-state index in [2.05, 4.69) is 10.4 Å². The Bertz CT molecular complexity index is 1190. The van der Waals surface area contributed by atoms with Gasteiger partial charge >= 0.3 is 0 Å². The largest absolute Gasteiger partial charge is 0.320 e. The fraction of sp³-hybridized carbons (Fsp3) is 0.200. The molecule has 0 bridgehead atoms. The Hall–Kier alpha value is -3.04. The number of halogens is 1. The molecule has 29 heavy (non-hydrogen) atoms. The fourth-order valence-electron chi connectivity index (χ4n) is 3.38. The van der Waals surface area contributed by atoms with Gasteiger partial charge in [-0.1, -0.05) is 18.2 Å². The number of carbonyl (C=O) groups excluding carboxylic acids is 1. The third-order valence-corrected chi connectivity index (χ3v) is 6.09. The first kappa shape index (κ1) is 19.3. The first-order valence-electron chi connectivity index (χ1n) is 9.00. The van der Waals surface area contributed by atoms with Crippen molar-refractivity contribution in [2.24, 2.45) is 0 Å². The molecule has 1 N–H and O–H groups in total. The van der Waals surface area contributed by atoms with Crippen molar-refractivity contribution in [2.75, 3.05) is 18.1 Å². The summed E-state index contributed by atoms with van der Waals surface area (Å²) in [7, 11) is -3.27. The highest BCUT2D eigenvalue weighted by atomic mass is 32.2. The van der Waals surface area contributed by atoms with Crippen LogP contribution < -0.4 is 5.32 Å². The highest BCUT2D eigenvalue weighted by Crippen LogP contribution is 2.27. The van der Waals surface area contributed by atoms with Gasteiger partial charge in [-0.2, -0.15) is 9.40 Å². The molecule has 1 aromatic heterocycles. The van der Waals surface area contributed by atoms with Gasteiger partial charge < -0.3 is 5.32 Å². The van der Waals surface area contributed by atoms with E-state index in [0.29, 0.717) is 24.3 Å². The fourth-order valence-corrected chi connectivity index (χ4v) is 4.17. The van der Waals surface area contributed by atoms with Crippen LogP contribution in [0.5, 0.6) is 0 Å². The molecule has 1 amide bonds. The quantitative estimate of drug-likeness (QED) is 0.711. The zero-order valence-corrected chi connectivity index (χ0v) is 16.5. The Labute approximate surface area is 167 Å². The molecule has 0 unspecified atom stereocenters. The molecule has 1 aliphatic rings. The number of anilines is 1. The van der Waals surface area contributed by atoms with Gasteiger partial charge in [0.05, 0.1) is 11.9 Å². The predicted molar refractivity (Wildman–Crippen MR) is 107 cm³/mol. The molecule has 4 rings (SSSR count). The molecule has 0 aliphatic carbocycles. The number of nitrogens with zero attached hydrogens (tertiary/aromatic N) is 3. The summed E-state index contributed by atoms with van der Waals surface area (Å²) in [5.41, 5.74) is 3.14. The van der Waals surface area contributed by atoms with Gasteiger partial charge in [0.25, 0.3) is 5.91 Å². The van der Waals surface area contributed by atoms with Gasteiger partial charge in [0.15, 0.2) is 5.69 Å². The van der Waals surface area contributed by atoms with Gasteiger partial charge in [0.1, 0.15) is 5.82 Å². The number of carbonyl (C=O) groups is 1. The van der Waals surface area contributed by atoms with Gasteiger partial charge in [-0.3, -0.25) is 4.79 Å². The molecule has 0 saturated heterocycles. The number of benzene rings is 2. The molecule has 7 nitrogen and oxygen atoms in total. The number of hydrogen-bond acceptors (Lipinski definition) is 4. The number of rotatable bonds is 4. The number of fused-ring (bicyclic) bond motifs is 1. The van der Waals surface area contributed by atoms with E-state index < -0.39 is 10.0 Å². The maximum absolute atomic E-state index is 13.4. The molecule has 0 atom stereocenters. The lowest BCUT2D eigenvalue weighted by atomic mass is 9.99. The highest BCUT2D eigenvalue weighted by molar-refractivity contribution is 7.88. The van der Waals surface area contributed by atoms with Gasteiger partial charge in [0, 0.05) is 25.0 Å². The third kappa shape index (κ3) is 4.06. The van der Waals surface area contributed by atoms with Crippen molar-refractivity contribution in [1.82, 2.24) is 14.1 Å². The molecule has 1 aliphatic heterocycles. The smallest absolute Gasteiger partial charge is 0.276 e. The summed E-state index contributed by atoms with van der Waals surface area (Å²) in [6.07, 6.45) is 3.29. The van der Waals surface area contributed by atoms with E-state index in [9.17, 15) is 17.6 Å². The van der Waals surface area contributed by atoms with E-state index in [4.69, 9.17) is 0 Å². The second kappa shape index (κ2) is 7.41. The number of hydrogen-bond donors (Lipinski definition) is 1. The van der Waals surface area contributed by atoms with E-state index >= 15 is 0 Å². The molecule has 0 spiro atoms. The summed E-state index contributed by atoms with van der Waals surface area (Å²) in [6, 6.07) is 12.9. The van der Waals surface area contributed by atoms with Crippen LogP contribution in [0.1, 0.15) is 21.6 Å². The molecular formula is C20H19FN4O3S. The predicted octanol–water partition coefficient (Wildman–Crippen LogP) is 2.58. The number of nitrogens with one attached hydrogen (secondary N) is 1. The minimum atomic E-state index is -3.27. The Morgan fingerprint density at radius 1 is 1.17 bits per heavy atom.